The lowest BCUT2D eigenvalue weighted by atomic mass is 10.1. The fraction of sp³-hybridized carbons (Fsp3) is 0.364. The molecule has 0 radical (unpaired) electrons. The molecule has 0 atom stereocenters. The zero-order valence-corrected chi connectivity index (χ0v) is 8.82. The van der Waals surface area contributed by atoms with Crippen molar-refractivity contribution in [2.45, 2.75) is 25.2 Å². The first-order valence-electron chi connectivity index (χ1n) is 5.14. The summed E-state index contributed by atoms with van der Waals surface area (Å²) in [5, 5.41) is 12.7. The van der Waals surface area contributed by atoms with Gasteiger partial charge in [-0.1, -0.05) is 12.1 Å². The maximum atomic E-state index is 8.71. The van der Waals surface area contributed by atoms with Crippen molar-refractivity contribution in [3.8, 4) is 17.7 Å². The first kappa shape index (κ1) is 9.16. The third-order valence-electron chi connectivity index (χ3n) is 3.01. The van der Waals surface area contributed by atoms with Gasteiger partial charge in [0.05, 0.1) is 5.56 Å². The highest BCUT2D eigenvalue weighted by molar-refractivity contribution is 5.51. The third kappa shape index (κ3) is 1.31. The number of nitriles is 1. The Morgan fingerprint density at radius 1 is 1.56 bits per heavy atom. The van der Waals surface area contributed by atoms with Gasteiger partial charge in [-0.3, -0.25) is 0 Å². The van der Waals surface area contributed by atoms with Crippen LogP contribution in [0.1, 0.15) is 31.2 Å². The lowest BCUT2D eigenvalue weighted by Gasteiger charge is -1.96. The molecule has 0 aliphatic heterocycles. The molecule has 2 heterocycles. The molecule has 5 nitrogen and oxygen atoms in total. The van der Waals surface area contributed by atoms with Gasteiger partial charge in [-0.05, 0) is 18.9 Å². The molecule has 2 aromatic rings. The molecule has 1 aliphatic carbocycles. The van der Waals surface area contributed by atoms with Crippen LogP contribution in [0.25, 0.3) is 11.6 Å². The van der Waals surface area contributed by atoms with E-state index in [0.717, 1.165) is 18.7 Å². The third-order valence-corrected chi connectivity index (χ3v) is 3.01. The normalized spacial score (nSPS) is 17.0. The van der Waals surface area contributed by atoms with Crippen molar-refractivity contribution in [2.24, 2.45) is 0 Å². The van der Waals surface area contributed by atoms with Gasteiger partial charge >= 0.3 is 0 Å². The fourth-order valence-corrected chi connectivity index (χ4v) is 1.57. The fourth-order valence-electron chi connectivity index (χ4n) is 1.57. The van der Waals surface area contributed by atoms with Crippen LogP contribution in [0, 0.1) is 11.3 Å². The molecule has 0 bridgehead atoms. The first-order valence-corrected chi connectivity index (χ1v) is 5.14. The van der Waals surface area contributed by atoms with E-state index in [1.165, 1.54) is 0 Å². The summed E-state index contributed by atoms with van der Waals surface area (Å²) in [6.45, 7) is 2.12. The van der Waals surface area contributed by atoms with Gasteiger partial charge < -0.3 is 9.51 Å². The second kappa shape index (κ2) is 2.95. The maximum Gasteiger partial charge on any atom is 0.274 e. The Hall–Kier alpha value is -2.09. The van der Waals surface area contributed by atoms with Crippen molar-refractivity contribution >= 4 is 0 Å². The predicted molar refractivity (Wildman–Crippen MR) is 55.4 cm³/mol. The summed E-state index contributed by atoms with van der Waals surface area (Å²) < 4.78 is 5.17. The minimum absolute atomic E-state index is 0.104. The van der Waals surface area contributed by atoms with Crippen molar-refractivity contribution in [2.75, 3.05) is 0 Å². The number of aromatic amines is 1. The van der Waals surface area contributed by atoms with Crippen LogP contribution in [0.15, 0.2) is 16.8 Å². The van der Waals surface area contributed by atoms with E-state index in [0.29, 0.717) is 17.1 Å². The Balaban J connectivity index is 1.95. The van der Waals surface area contributed by atoms with Crippen LogP contribution < -0.4 is 0 Å². The molecule has 80 valence electrons. The Morgan fingerprint density at radius 3 is 3.00 bits per heavy atom. The van der Waals surface area contributed by atoms with Gasteiger partial charge in [-0.15, -0.1) is 0 Å². The summed E-state index contributed by atoms with van der Waals surface area (Å²) in [4.78, 5) is 7.28. The van der Waals surface area contributed by atoms with E-state index in [2.05, 4.69) is 22.0 Å². The molecular formula is C11H10N4O. The van der Waals surface area contributed by atoms with Crippen LogP contribution in [0.5, 0.6) is 0 Å². The van der Waals surface area contributed by atoms with Gasteiger partial charge in [-0.25, -0.2) is 0 Å². The van der Waals surface area contributed by atoms with E-state index < -0.39 is 0 Å². The van der Waals surface area contributed by atoms with E-state index in [-0.39, 0.29) is 5.41 Å². The molecule has 0 saturated heterocycles. The van der Waals surface area contributed by atoms with E-state index in [1.54, 1.807) is 12.3 Å². The number of nitrogens with zero attached hydrogens (tertiary/aromatic N) is 3. The summed E-state index contributed by atoms with van der Waals surface area (Å²) in [5.41, 5.74) is 1.36. The summed E-state index contributed by atoms with van der Waals surface area (Å²) in [6, 6.07) is 3.75. The van der Waals surface area contributed by atoms with Gasteiger partial charge in [0.1, 0.15) is 11.8 Å². The zero-order chi connectivity index (χ0) is 11.2. The molecule has 3 rings (SSSR count). The average Bonchev–Trinajstić information content (AvgIpc) is 2.80. The number of aromatic nitrogens is 3. The summed E-state index contributed by atoms with van der Waals surface area (Å²) in [6.07, 6.45) is 3.85. The largest absolute Gasteiger partial charge is 0.356 e. The molecule has 0 unspecified atom stereocenters. The number of hydrogen-bond donors (Lipinski definition) is 1. The summed E-state index contributed by atoms with van der Waals surface area (Å²) in [5.74, 6) is 1.21. The predicted octanol–water partition coefficient (Wildman–Crippen LogP) is 1.99. The Morgan fingerprint density at radius 2 is 2.38 bits per heavy atom. The molecule has 0 amide bonds. The van der Waals surface area contributed by atoms with Crippen molar-refractivity contribution < 1.29 is 4.52 Å². The van der Waals surface area contributed by atoms with Crippen molar-refractivity contribution in [1.29, 1.82) is 5.26 Å². The Bertz CT molecular complexity index is 571. The van der Waals surface area contributed by atoms with Crippen LogP contribution in [0.2, 0.25) is 0 Å². The highest BCUT2D eigenvalue weighted by Gasteiger charge is 2.43. The van der Waals surface area contributed by atoms with E-state index in [1.807, 2.05) is 6.07 Å². The minimum Gasteiger partial charge on any atom is -0.356 e. The number of nitrogens with one attached hydrogen (secondary N) is 1. The lowest BCUT2D eigenvalue weighted by Crippen LogP contribution is -2.01. The second-order valence-electron chi connectivity index (χ2n) is 4.40. The zero-order valence-electron chi connectivity index (χ0n) is 8.82. The van der Waals surface area contributed by atoms with E-state index in [9.17, 15) is 0 Å². The Kier molecular flexibility index (Phi) is 1.69. The highest BCUT2D eigenvalue weighted by atomic mass is 16.5. The summed E-state index contributed by atoms with van der Waals surface area (Å²) >= 11 is 0. The quantitative estimate of drug-likeness (QED) is 0.829. The van der Waals surface area contributed by atoms with Crippen LogP contribution in [0.3, 0.4) is 0 Å². The minimum atomic E-state index is 0.104. The van der Waals surface area contributed by atoms with Gasteiger partial charge in [0.25, 0.3) is 5.89 Å². The Labute approximate surface area is 92.1 Å². The molecule has 0 spiro atoms. The SMILES string of the molecule is CC1(c2noc(-c3cc(C#N)c[nH]3)n2)CC1. The molecular weight excluding hydrogens is 204 g/mol. The number of rotatable bonds is 2. The molecule has 5 heteroatoms. The molecule has 1 N–H and O–H groups in total. The van der Waals surface area contributed by atoms with Crippen molar-refractivity contribution in [3.63, 3.8) is 0 Å². The molecule has 1 saturated carbocycles. The molecule has 1 aliphatic rings. The van der Waals surface area contributed by atoms with Gasteiger partial charge in [-0.2, -0.15) is 10.2 Å². The van der Waals surface area contributed by atoms with Crippen molar-refractivity contribution in [3.05, 3.63) is 23.7 Å². The number of H-pyrrole nitrogens is 1. The summed E-state index contributed by atoms with van der Waals surface area (Å²) in [7, 11) is 0. The van der Waals surface area contributed by atoms with Crippen molar-refractivity contribution in [1.82, 2.24) is 15.1 Å². The first-order chi connectivity index (χ1) is 7.71. The van der Waals surface area contributed by atoms with Gasteiger partial charge in [0.2, 0.25) is 0 Å². The van der Waals surface area contributed by atoms with E-state index in [4.69, 9.17) is 9.78 Å². The van der Waals surface area contributed by atoms with Gasteiger partial charge in [0.15, 0.2) is 5.82 Å². The molecule has 0 aromatic carbocycles. The monoisotopic (exact) mass is 214 g/mol. The van der Waals surface area contributed by atoms with E-state index >= 15 is 0 Å². The highest BCUT2D eigenvalue weighted by Crippen LogP contribution is 2.46. The maximum absolute atomic E-state index is 8.71. The average molecular weight is 214 g/mol. The number of hydrogen-bond acceptors (Lipinski definition) is 4. The molecule has 1 fully saturated rings. The van der Waals surface area contributed by atoms with Crippen LogP contribution >= 0.6 is 0 Å². The second-order valence-corrected chi connectivity index (χ2v) is 4.40. The van der Waals surface area contributed by atoms with Gasteiger partial charge in [0, 0.05) is 11.6 Å². The lowest BCUT2D eigenvalue weighted by molar-refractivity contribution is 0.415. The van der Waals surface area contributed by atoms with Crippen LogP contribution in [0.4, 0.5) is 0 Å². The molecule has 16 heavy (non-hydrogen) atoms. The van der Waals surface area contributed by atoms with Crippen LogP contribution in [-0.2, 0) is 5.41 Å². The standard InChI is InChI=1S/C11H10N4O/c1-11(2-3-11)10-14-9(16-15-10)8-4-7(5-12)6-13-8/h4,6,13H,2-3H2,1H3. The smallest absolute Gasteiger partial charge is 0.274 e. The molecule has 2 aromatic heterocycles. The topological polar surface area (TPSA) is 78.5 Å². The van der Waals surface area contributed by atoms with Crippen LogP contribution in [-0.4, -0.2) is 15.1 Å².